The number of aromatic nitrogens is 1. The number of pyridine rings is 1. The van der Waals surface area contributed by atoms with Crippen molar-refractivity contribution < 1.29 is 9.78 Å². The third-order valence-electron chi connectivity index (χ3n) is 3.25. The zero-order chi connectivity index (χ0) is 14.8. The molecular formula is C16H17N4O+. The number of anilines is 1. The molecule has 1 aromatic heterocycles. The number of amides is 1. The van der Waals surface area contributed by atoms with Gasteiger partial charge in [-0.25, -0.2) is 9.98 Å². The Kier molecular flexibility index (Phi) is 3.50. The van der Waals surface area contributed by atoms with Gasteiger partial charge in [-0.2, -0.15) is 0 Å². The van der Waals surface area contributed by atoms with E-state index in [1.807, 2.05) is 61.6 Å². The van der Waals surface area contributed by atoms with Crippen LogP contribution < -0.4 is 9.88 Å². The lowest BCUT2D eigenvalue weighted by atomic mass is 10.1. The van der Waals surface area contributed by atoms with Crippen LogP contribution in [-0.4, -0.2) is 37.3 Å². The molecule has 1 aliphatic heterocycles. The summed E-state index contributed by atoms with van der Waals surface area (Å²) >= 11 is 0. The normalized spacial score (nSPS) is 15.9. The van der Waals surface area contributed by atoms with Crippen molar-refractivity contribution in [1.82, 2.24) is 4.90 Å². The molecule has 21 heavy (non-hydrogen) atoms. The van der Waals surface area contributed by atoms with Crippen LogP contribution in [0.25, 0.3) is 0 Å². The van der Waals surface area contributed by atoms with Gasteiger partial charge in [0, 0.05) is 11.6 Å². The molecule has 2 aromatic rings. The summed E-state index contributed by atoms with van der Waals surface area (Å²) < 4.78 is 0. The molecule has 106 valence electrons. The van der Waals surface area contributed by atoms with Crippen molar-refractivity contribution in [3.63, 3.8) is 0 Å². The Morgan fingerprint density at radius 2 is 2.00 bits per heavy atom. The second-order valence-corrected chi connectivity index (χ2v) is 5.19. The van der Waals surface area contributed by atoms with Crippen molar-refractivity contribution in [3.8, 4) is 0 Å². The van der Waals surface area contributed by atoms with Crippen molar-refractivity contribution in [2.24, 2.45) is 4.99 Å². The molecule has 0 radical (unpaired) electrons. The lowest BCUT2D eigenvalue weighted by Gasteiger charge is -2.21. The minimum Gasteiger partial charge on any atom is -0.293 e. The summed E-state index contributed by atoms with van der Waals surface area (Å²) in [4.78, 5) is 23.9. The molecular weight excluding hydrogens is 264 g/mol. The third-order valence-corrected chi connectivity index (χ3v) is 3.25. The van der Waals surface area contributed by atoms with Gasteiger partial charge in [-0.15, -0.1) is 0 Å². The summed E-state index contributed by atoms with van der Waals surface area (Å²) in [5.41, 5.74) is 3.03. The minimum atomic E-state index is -0.0613. The molecule has 1 amide bonds. The van der Waals surface area contributed by atoms with Crippen LogP contribution in [0.2, 0.25) is 0 Å². The Labute approximate surface area is 123 Å². The van der Waals surface area contributed by atoms with Gasteiger partial charge in [0.15, 0.2) is 12.4 Å². The van der Waals surface area contributed by atoms with Crippen molar-refractivity contribution in [2.75, 3.05) is 25.7 Å². The molecule has 5 heteroatoms. The predicted octanol–water partition coefficient (Wildman–Crippen LogP) is 1.49. The molecule has 0 bridgehead atoms. The number of fused-ring (bicyclic) bond motifs is 1. The molecule has 0 unspecified atom stereocenters. The van der Waals surface area contributed by atoms with E-state index in [1.54, 1.807) is 11.1 Å². The first kappa shape index (κ1) is 13.5. The molecule has 1 N–H and O–H groups in total. The fourth-order valence-electron chi connectivity index (χ4n) is 2.38. The average molecular weight is 281 g/mol. The van der Waals surface area contributed by atoms with Crippen LogP contribution in [0.5, 0.6) is 0 Å². The SMILES string of the molecule is CN(C)CN1C(=O)C(=Nc2ccc[nH+]c2)c2ccccc21. The molecule has 5 nitrogen and oxygen atoms in total. The van der Waals surface area contributed by atoms with E-state index in [2.05, 4.69) is 9.98 Å². The van der Waals surface area contributed by atoms with E-state index >= 15 is 0 Å². The number of rotatable bonds is 3. The summed E-state index contributed by atoms with van der Waals surface area (Å²) in [6.07, 6.45) is 3.59. The summed E-state index contributed by atoms with van der Waals surface area (Å²) in [5, 5.41) is 0. The average Bonchev–Trinajstić information content (AvgIpc) is 2.74. The van der Waals surface area contributed by atoms with Crippen LogP contribution in [0.15, 0.2) is 53.8 Å². The summed E-state index contributed by atoms with van der Waals surface area (Å²) in [6.45, 7) is 0.537. The van der Waals surface area contributed by atoms with Crippen molar-refractivity contribution in [2.45, 2.75) is 0 Å². The van der Waals surface area contributed by atoms with Crippen molar-refractivity contribution in [1.29, 1.82) is 0 Å². The molecule has 0 fully saturated rings. The highest BCUT2D eigenvalue weighted by Gasteiger charge is 2.33. The van der Waals surface area contributed by atoms with Gasteiger partial charge in [0.25, 0.3) is 5.91 Å². The molecule has 0 spiro atoms. The van der Waals surface area contributed by atoms with Crippen LogP contribution in [-0.2, 0) is 4.79 Å². The Morgan fingerprint density at radius 3 is 2.71 bits per heavy atom. The topological polar surface area (TPSA) is 50.0 Å². The number of carbonyl (C=O) groups excluding carboxylic acids is 1. The first-order valence-electron chi connectivity index (χ1n) is 6.77. The second kappa shape index (κ2) is 5.46. The minimum absolute atomic E-state index is 0.0613. The van der Waals surface area contributed by atoms with Gasteiger partial charge < -0.3 is 0 Å². The van der Waals surface area contributed by atoms with Crippen LogP contribution in [0.4, 0.5) is 11.4 Å². The number of benzene rings is 1. The summed E-state index contributed by atoms with van der Waals surface area (Å²) in [6, 6.07) is 11.5. The number of hydrogen-bond acceptors (Lipinski definition) is 3. The first-order chi connectivity index (χ1) is 10.2. The van der Waals surface area contributed by atoms with Crippen LogP contribution in [0.3, 0.4) is 0 Å². The Balaban J connectivity index is 2.07. The van der Waals surface area contributed by atoms with E-state index in [1.165, 1.54) is 0 Å². The number of nitrogens with zero attached hydrogens (tertiary/aromatic N) is 3. The highest BCUT2D eigenvalue weighted by atomic mass is 16.2. The number of carbonyl (C=O) groups is 1. The molecule has 1 aromatic carbocycles. The highest BCUT2D eigenvalue weighted by Crippen LogP contribution is 2.30. The van der Waals surface area contributed by atoms with E-state index < -0.39 is 0 Å². The van der Waals surface area contributed by atoms with Gasteiger partial charge in [0.2, 0.25) is 0 Å². The van der Waals surface area contributed by atoms with Gasteiger partial charge in [-0.05, 0) is 26.2 Å². The fraction of sp³-hybridized carbons (Fsp3) is 0.188. The van der Waals surface area contributed by atoms with Crippen LogP contribution in [0.1, 0.15) is 5.56 Å². The van der Waals surface area contributed by atoms with E-state index in [9.17, 15) is 4.79 Å². The largest absolute Gasteiger partial charge is 0.293 e. The van der Waals surface area contributed by atoms with Gasteiger partial charge in [0.05, 0.1) is 12.4 Å². The van der Waals surface area contributed by atoms with E-state index in [-0.39, 0.29) is 5.91 Å². The predicted molar refractivity (Wildman–Crippen MR) is 81.7 cm³/mol. The zero-order valence-electron chi connectivity index (χ0n) is 12.1. The first-order valence-corrected chi connectivity index (χ1v) is 6.77. The zero-order valence-corrected chi connectivity index (χ0v) is 12.1. The molecule has 0 aliphatic carbocycles. The van der Waals surface area contributed by atoms with E-state index in [4.69, 9.17) is 0 Å². The number of H-pyrrole nitrogens is 1. The highest BCUT2D eigenvalue weighted by molar-refractivity contribution is 6.54. The monoisotopic (exact) mass is 281 g/mol. The fourth-order valence-corrected chi connectivity index (χ4v) is 2.38. The van der Waals surface area contributed by atoms with Crippen LogP contribution >= 0.6 is 0 Å². The second-order valence-electron chi connectivity index (χ2n) is 5.19. The van der Waals surface area contributed by atoms with Gasteiger partial charge >= 0.3 is 0 Å². The van der Waals surface area contributed by atoms with E-state index in [0.717, 1.165) is 16.9 Å². The Bertz CT molecular complexity index is 694. The van der Waals surface area contributed by atoms with Crippen LogP contribution in [0, 0.1) is 0 Å². The molecule has 0 atom stereocenters. The number of para-hydroxylation sites is 1. The maximum Gasteiger partial charge on any atom is 0.278 e. The smallest absolute Gasteiger partial charge is 0.278 e. The summed E-state index contributed by atoms with van der Waals surface area (Å²) in [7, 11) is 3.88. The lowest BCUT2D eigenvalue weighted by Crippen LogP contribution is -2.37. The maximum absolute atomic E-state index is 12.7. The van der Waals surface area contributed by atoms with Gasteiger partial charge in [-0.3, -0.25) is 14.6 Å². The quantitative estimate of drug-likeness (QED) is 0.856. The number of aromatic amines is 1. The lowest BCUT2D eigenvalue weighted by molar-refractivity contribution is -0.377. The van der Waals surface area contributed by atoms with Crippen molar-refractivity contribution in [3.05, 3.63) is 54.4 Å². The van der Waals surface area contributed by atoms with Crippen molar-refractivity contribution >= 4 is 23.0 Å². The maximum atomic E-state index is 12.7. The number of hydrogen-bond donors (Lipinski definition) is 0. The molecule has 1 aliphatic rings. The molecule has 0 saturated heterocycles. The third kappa shape index (κ3) is 2.55. The molecule has 0 saturated carbocycles. The van der Waals surface area contributed by atoms with Gasteiger partial charge in [-0.1, -0.05) is 18.2 Å². The number of aliphatic imine (C=N–C) groups is 1. The van der Waals surface area contributed by atoms with E-state index in [0.29, 0.717) is 12.4 Å². The standard InChI is InChI=1S/C16H16N4O/c1-19(2)11-20-14-8-4-3-7-13(14)15(16(20)21)18-12-6-5-9-17-10-12/h3-10H,11H2,1-2H3/p+1. The Morgan fingerprint density at radius 1 is 1.19 bits per heavy atom. The Hall–Kier alpha value is -2.53. The summed E-state index contributed by atoms with van der Waals surface area (Å²) in [5.74, 6) is -0.0613. The number of nitrogens with one attached hydrogen (secondary N) is 1. The molecule has 3 rings (SSSR count). The molecule has 2 heterocycles. The van der Waals surface area contributed by atoms with Gasteiger partial charge in [0.1, 0.15) is 11.4 Å².